The molecule has 140 valence electrons. The molecule has 7 heteroatoms. The van der Waals surface area contributed by atoms with Crippen molar-refractivity contribution in [3.63, 3.8) is 0 Å². The number of hydrogen-bond donors (Lipinski definition) is 1. The molecule has 2 rings (SSSR count). The Balaban J connectivity index is 1.90. The summed E-state index contributed by atoms with van der Waals surface area (Å²) in [5, 5.41) is 2.89. The van der Waals surface area contributed by atoms with Crippen LogP contribution in [0.1, 0.15) is 16.8 Å². The van der Waals surface area contributed by atoms with E-state index in [4.69, 9.17) is 9.47 Å². The van der Waals surface area contributed by atoms with Gasteiger partial charge in [0, 0.05) is 23.7 Å². The summed E-state index contributed by atoms with van der Waals surface area (Å²) in [6, 6.07) is 10.1. The van der Waals surface area contributed by atoms with Crippen LogP contribution in [0.15, 0.2) is 36.4 Å². The quantitative estimate of drug-likeness (QED) is 0.471. The molecule has 5 nitrogen and oxygen atoms in total. The number of nitrogens with one attached hydrogen (secondary N) is 1. The van der Waals surface area contributed by atoms with Crippen molar-refractivity contribution in [2.75, 3.05) is 39.3 Å². The Morgan fingerprint density at radius 3 is 2.50 bits per heavy atom. The molecule has 0 saturated carbocycles. The molecule has 0 spiro atoms. The Morgan fingerprint density at radius 1 is 1.19 bits per heavy atom. The van der Waals surface area contributed by atoms with Crippen molar-refractivity contribution >= 4 is 34.2 Å². The average Bonchev–Trinajstić information content (AvgIpc) is 2.64. The topological polar surface area (TPSA) is 50.8 Å². The first-order chi connectivity index (χ1) is 12.5. The third-order valence-electron chi connectivity index (χ3n) is 3.94. The van der Waals surface area contributed by atoms with Gasteiger partial charge in [0.2, 0.25) is 0 Å². The van der Waals surface area contributed by atoms with E-state index in [0.29, 0.717) is 42.3 Å². The van der Waals surface area contributed by atoms with Crippen LogP contribution in [0.4, 0.5) is 10.1 Å². The van der Waals surface area contributed by atoms with E-state index in [0.717, 1.165) is 3.57 Å². The Bertz CT molecular complexity index is 770. The summed E-state index contributed by atoms with van der Waals surface area (Å²) in [5.74, 6) is 0.667. The molecule has 2 aromatic carbocycles. The molecule has 0 saturated heterocycles. The zero-order valence-corrected chi connectivity index (χ0v) is 17.2. The second-order valence-corrected chi connectivity index (χ2v) is 6.83. The number of halogens is 2. The third kappa shape index (κ3) is 5.00. The highest BCUT2D eigenvalue weighted by Crippen LogP contribution is 2.31. The molecule has 26 heavy (non-hydrogen) atoms. The number of benzene rings is 2. The number of ether oxygens (including phenoxy) is 2. The van der Waals surface area contributed by atoms with Crippen molar-refractivity contribution in [1.29, 1.82) is 0 Å². The van der Waals surface area contributed by atoms with Crippen LogP contribution >= 0.6 is 22.6 Å². The molecular weight excluding hydrogens is 450 g/mol. The van der Waals surface area contributed by atoms with Gasteiger partial charge in [-0.3, -0.25) is 4.79 Å². The minimum Gasteiger partial charge on any atom is -0.493 e. The van der Waals surface area contributed by atoms with Gasteiger partial charge in [0.15, 0.2) is 11.5 Å². The summed E-state index contributed by atoms with van der Waals surface area (Å²) in [6.45, 7) is 1.12. The normalized spacial score (nSPS) is 10.3. The van der Waals surface area contributed by atoms with Gasteiger partial charge in [-0.1, -0.05) is 12.1 Å². The lowest BCUT2D eigenvalue weighted by Crippen LogP contribution is -2.29. The highest BCUT2D eigenvalue weighted by molar-refractivity contribution is 14.1. The van der Waals surface area contributed by atoms with Crippen LogP contribution < -0.4 is 19.7 Å². The van der Waals surface area contributed by atoms with Crippen LogP contribution in [0.2, 0.25) is 0 Å². The van der Waals surface area contributed by atoms with Gasteiger partial charge in [0.1, 0.15) is 5.82 Å². The number of carbonyl (C=O) groups excluding carboxylic acids is 1. The molecule has 2 aromatic rings. The first kappa shape index (κ1) is 20.3. The molecule has 1 amide bonds. The smallest absolute Gasteiger partial charge is 0.252 e. The van der Waals surface area contributed by atoms with E-state index in [1.807, 2.05) is 11.9 Å². The Morgan fingerprint density at radius 2 is 1.85 bits per heavy atom. The van der Waals surface area contributed by atoms with Gasteiger partial charge in [0.05, 0.1) is 25.5 Å². The fourth-order valence-corrected chi connectivity index (χ4v) is 3.21. The van der Waals surface area contributed by atoms with Gasteiger partial charge in [-0.2, -0.15) is 0 Å². The first-order valence-electron chi connectivity index (χ1n) is 8.13. The second kappa shape index (κ2) is 9.61. The Labute approximate surface area is 166 Å². The van der Waals surface area contributed by atoms with Gasteiger partial charge in [-0.15, -0.1) is 0 Å². The van der Waals surface area contributed by atoms with E-state index in [1.165, 1.54) is 13.2 Å². The SMILES string of the molecule is COc1cc(I)c(C(=O)NCCCN(C)c2ccccc2F)cc1OC. The minimum absolute atomic E-state index is 0.177. The fraction of sp³-hybridized carbons (Fsp3) is 0.316. The van der Waals surface area contributed by atoms with E-state index in [-0.39, 0.29) is 11.7 Å². The van der Waals surface area contributed by atoms with Crippen molar-refractivity contribution in [3.05, 3.63) is 51.3 Å². The van der Waals surface area contributed by atoms with E-state index in [9.17, 15) is 9.18 Å². The molecule has 0 aliphatic carbocycles. The number of rotatable bonds is 8. The highest BCUT2D eigenvalue weighted by Gasteiger charge is 2.15. The molecule has 0 heterocycles. The highest BCUT2D eigenvalue weighted by atomic mass is 127. The van der Waals surface area contributed by atoms with Crippen molar-refractivity contribution < 1.29 is 18.7 Å². The molecule has 0 radical (unpaired) electrons. The van der Waals surface area contributed by atoms with Crippen LogP contribution in [0.3, 0.4) is 0 Å². The lowest BCUT2D eigenvalue weighted by atomic mass is 10.2. The molecule has 0 aromatic heterocycles. The lowest BCUT2D eigenvalue weighted by Gasteiger charge is -2.20. The van der Waals surface area contributed by atoms with Crippen LogP contribution in [0.5, 0.6) is 11.5 Å². The van der Waals surface area contributed by atoms with Crippen LogP contribution in [-0.2, 0) is 0 Å². The number of methoxy groups -OCH3 is 2. The summed E-state index contributed by atoms with van der Waals surface area (Å²) in [4.78, 5) is 14.3. The maximum atomic E-state index is 13.7. The van der Waals surface area contributed by atoms with Crippen molar-refractivity contribution in [1.82, 2.24) is 5.32 Å². The Hall–Kier alpha value is -2.03. The molecule has 0 atom stereocenters. The number of carbonyl (C=O) groups is 1. The number of amides is 1. The number of para-hydroxylation sites is 1. The van der Waals surface area contributed by atoms with E-state index >= 15 is 0 Å². The molecule has 0 aliphatic heterocycles. The molecule has 0 unspecified atom stereocenters. The zero-order valence-electron chi connectivity index (χ0n) is 15.0. The zero-order chi connectivity index (χ0) is 19.1. The molecular formula is C19H22FIN2O3. The third-order valence-corrected chi connectivity index (χ3v) is 4.83. The van der Waals surface area contributed by atoms with Crippen LogP contribution in [0.25, 0.3) is 0 Å². The Kier molecular flexibility index (Phi) is 7.50. The predicted molar refractivity (Wildman–Crippen MR) is 109 cm³/mol. The fourth-order valence-electron chi connectivity index (χ4n) is 2.52. The van der Waals surface area contributed by atoms with E-state index < -0.39 is 0 Å². The second-order valence-electron chi connectivity index (χ2n) is 5.67. The minimum atomic E-state index is -0.251. The average molecular weight is 472 g/mol. The number of hydrogen-bond acceptors (Lipinski definition) is 4. The van der Waals surface area contributed by atoms with Gasteiger partial charge >= 0.3 is 0 Å². The van der Waals surface area contributed by atoms with Crippen molar-refractivity contribution in [2.45, 2.75) is 6.42 Å². The van der Waals surface area contributed by atoms with E-state index in [2.05, 4.69) is 27.9 Å². The maximum absolute atomic E-state index is 13.7. The van der Waals surface area contributed by atoms with Gasteiger partial charge in [0.25, 0.3) is 5.91 Å². The van der Waals surface area contributed by atoms with Gasteiger partial charge in [-0.25, -0.2) is 4.39 Å². The molecule has 1 N–H and O–H groups in total. The molecule has 0 aliphatic rings. The number of anilines is 1. The monoisotopic (exact) mass is 472 g/mol. The maximum Gasteiger partial charge on any atom is 0.252 e. The largest absolute Gasteiger partial charge is 0.493 e. The van der Waals surface area contributed by atoms with Crippen molar-refractivity contribution in [2.24, 2.45) is 0 Å². The lowest BCUT2D eigenvalue weighted by molar-refractivity contribution is 0.0952. The molecule has 0 fully saturated rings. The molecule has 0 bridgehead atoms. The van der Waals surface area contributed by atoms with Crippen molar-refractivity contribution in [3.8, 4) is 11.5 Å². The summed E-state index contributed by atoms with van der Waals surface area (Å²) >= 11 is 2.09. The predicted octanol–water partition coefficient (Wildman–Crippen LogP) is 3.70. The van der Waals surface area contributed by atoms with E-state index in [1.54, 1.807) is 37.4 Å². The first-order valence-corrected chi connectivity index (χ1v) is 9.21. The summed E-state index contributed by atoms with van der Waals surface area (Å²) in [7, 11) is 4.92. The summed E-state index contributed by atoms with van der Waals surface area (Å²) < 4.78 is 25.0. The number of nitrogens with zero attached hydrogens (tertiary/aromatic N) is 1. The van der Waals surface area contributed by atoms with Crippen LogP contribution in [-0.4, -0.2) is 40.3 Å². The summed E-state index contributed by atoms with van der Waals surface area (Å²) in [6.07, 6.45) is 0.695. The van der Waals surface area contributed by atoms with Gasteiger partial charge in [-0.05, 0) is 53.3 Å². The summed E-state index contributed by atoms with van der Waals surface area (Å²) in [5.41, 5.74) is 1.08. The van der Waals surface area contributed by atoms with Crippen LogP contribution in [0, 0.1) is 9.39 Å². The van der Waals surface area contributed by atoms with Gasteiger partial charge < -0.3 is 19.7 Å². The standard InChI is InChI=1S/C19H22FIN2O3/c1-23(16-8-5-4-7-14(16)20)10-6-9-22-19(24)13-11-17(25-2)18(26-3)12-15(13)21/h4-5,7-8,11-12H,6,9-10H2,1-3H3,(H,22,24).